The lowest BCUT2D eigenvalue weighted by molar-refractivity contribution is -0.140. The van der Waals surface area contributed by atoms with Crippen LogP contribution in [0.15, 0.2) is 67.3 Å². The number of allylic oxidation sites excluding steroid dienone is 1. The molecule has 0 saturated heterocycles. The van der Waals surface area contributed by atoms with Crippen molar-refractivity contribution in [1.82, 2.24) is 4.57 Å². The van der Waals surface area contributed by atoms with Crippen molar-refractivity contribution in [3.63, 3.8) is 0 Å². The van der Waals surface area contributed by atoms with Gasteiger partial charge in [0.25, 0.3) is 5.91 Å². The fourth-order valence-corrected chi connectivity index (χ4v) is 3.71. The van der Waals surface area contributed by atoms with Gasteiger partial charge in [0.15, 0.2) is 0 Å². The molecular formula is C25H26N2O4. The summed E-state index contributed by atoms with van der Waals surface area (Å²) in [5.41, 5.74) is 9.25. The van der Waals surface area contributed by atoms with Crippen molar-refractivity contribution in [3.8, 4) is 22.6 Å². The van der Waals surface area contributed by atoms with Crippen molar-refractivity contribution >= 4 is 11.9 Å². The second-order valence-electron chi connectivity index (χ2n) is 7.06. The van der Waals surface area contributed by atoms with E-state index < -0.39 is 5.91 Å². The molecule has 0 atom stereocenters. The number of hydrogen-bond acceptors (Lipinski definition) is 4. The molecular weight excluding hydrogens is 392 g/mol. The van der Waals surface area contributed by atoms with E-state index in [1.54, 1.807) is 6.08 Å². The summed E-state index contributed by atoms with van der Waals surface area (Å²) in [4.78, 5) is 24.2. The second kappa shape index (κ2) is 9.80. The van der Waals surface area contributed by atoms with Gasteiger partial charge in [-0.2, -0.15) is 0 Å². The molecule has 0 aliphatic carbocycles. The zero-order valence-electron chi connectivity index (χ0n) is 17.8. The van der Waals surface area contributed by atoms with E-state index in [2.05, 4.69) is 6.58 Å². The van der Waals surface area contributed by atoms with E-state index in [-0.39, 0.29) is 12.4 Å². The molecule has 0 bridgehead atoms. The van der Waals surface area contributed by atoms with Crippen LogP contribution in [-0.2, 0) is 22.5 Å². The van der Waals surface area contributed by atoms with Gasteiger partial charge in [0.1, 0.15) is 11.5 Å². The number of amides is 1. The van der Waals surface area contributed by atoms with Gasteiger partial charge in [-0.3, -0.25) is 9.59 Å². The Morgan fingerprint density at radius 3 is 2.45 bits per heavy atom. The summed E-state index contributed by atoms with van der Waals surface area (Å²) in [6.45, 7) is 6.15. The standard InChI is InChI=1S/C25H26N2O4/c1-4-15-27-17(2)23(25(26)29)24(21(27)13-14-22(28)30-3)18-9-8-12-20(16-18)31-19-10-6-5-7-11-19/h4-12,16H,1,13-15H2,2-3H3,(H2,26,29). The third-order valence-corrected chi connectivity index (χ3v) is 5.08. The highest BCUT2D eigenvalue weighted by molar-refractivity contribution is 6.02. The number of primary amides is 1. The van der Waals surface area contributed by atoms with Crippen molar-refractivity contribution in [3.05, 3.63) is 84.2 Å². The maximum absolute atomic E-state index is 12.4. The first-order valence-electron chi connectivity index (χ1n) is 9.99. The van der Waals surface area contributed by atoms with Crippen LogP contribution in [0.4, 0.5) is 0 Å². The predicted molar refractivity (Wildman–Crippen MR) is 120 cm³/mol. The molecule has 1 amide bonds. The maximum Gasteiger partial charge on any atom is 0.305 e. The van der Waals surface area contributed by atoms with E-state index in [1.807, 2.05) is 66.1 Å². The van der Waals surface area contributed by atoms with Crippen molar-refractivity contribution in [2.75, 3.05) is 7.11 Å². The van der Waals surface area contributed by atoms with Crippen LogP contribution < -0.4 is 10.5 Å². The minimum Gasteiger partial charge on any atom is -0.469 e. The summed E-state index contributed by atoms with van der Waals surface area (Å²) in [5, 5.41) is 0. The van der Waals surface area contributed by atoms with E-state index in [1.165, 1.54) is 7.11 Å². The number of para-hydroxylation sites is 1. The zero-order chi connectivity index (χ0) is 22.4. The Hall–Kier alpha value is -3.80. The van der Waals surface area contributed by atoms with E-state index in [9.17, 15) is 9.59 Å². The Morgan fingerprint density at radius 1 is 1.10 bits per heavy atom. The number of hydrogen-bond donors (Lipinski definition) is 1. The van der Waals surface area contributed by atoms with Crippen molar-refractivity contribution < 1.29 is 19.1 Å². The minimum absolute atomic E-state index is 0.183. The summed E-state index contributed by atoms with van der Waals surface area (Å²) in [6.07, 6.45) is 2.33. The molecule has 0 fully saturated rings. The molecule has 0 saturated carbocycles. The van der Waals surface area contributed by atoms with Crippen LogP contribution in [0.25, 0.3) is 11.1 Å². The molecule has 0 spiro atoms. The number of carbonyl (C=O) groups excluding carboxylic acids is 2. The molecule has 6 heteroatoms. The van der Waals surface area contributed by atoms with Gasteiger partial charge in [-0.25, -0.2) is 0 Å². The minimum atomic E-state index is -0.524. The van der Waals surface area contributed by atoms with Gasteiger partial charge in [0.05, 0.1) is 19.1 Å². The van der Waals surface area contributed by atoms with Crippen LogP contribution in [0.1, 0.15) is 28.2 Å². The molecule has 0 radical (unpaired) electrons. The van der Waals surface area contributed by atoms with Gasteiger partial charge in [-0.1, -0.05) is 36.4 Å². The molecule has 0 aliphatic rings. The van der Waals surface area contributed by atoms with Gasteiger partial charge in [0, 0.05) is 23.5 Å². The highest BCUT2D eigenvalue weighted by Gasteiger charge is 2.25. The van der Waals surface area contributed by atoms with Gasteiger partial charge in [-0.05, 0) is 43.2 Å². The lowest BCUT2D eigenvalue weighted by Crippen LogP contribution is -2.13. The van der Waals surface area contributed by atoms with Gasteiger partial charge < -0.3 is 19.8 Å². The lowest BCUT2D eigenvalue weighted by atomic mass is 9.97. The van der Waals surface area contributed by atoms with Crippen LogP contribution in [0.5, 0.6) is 11.5 Å². The number of aromatic nitrogens is 1. The monoisotopic (exact) mass is 418 g/mol. The Morgan fingerprint density at radius 2 is 1.81 bits per heavy atom. The normalized spacial score (nSPS) is 10.5. The molecule has 1 heterocycles. The number of esters is 1. The molecule has 2 N–H and O–H groups in total. The smallest absolute Gasteiger partial charge is 0.305 e. The molecule has 160 valence electrons. The number of ether oxygens (including phenoxy) is 2. The van der Waals surface area contributed by atoms with Crippen LogP contribution in [0.3, 0.4) is 0 Å². The lowest BCUT2D eigenvalue weighted by Gasteiger charge is -2.12. The van der Waals surface area contributed by atoms with Crippen LogP contribution in [0, 0.1) is 6.92 Å². The number of rotatable bonds is 9. The zero-order valence-corrected chi connectivity index (χ0v) is 17.8. The van der Waals surface area contributed by atoms with Gasteiger partial charge in [-0.15, -0.1) is 6.58 Å². The SMILES string of the molecule is C=CCn1c(C)c(C(N)=O)c(-c2cccc(Oc3ccccc3)c2)c1CCC(=O)OC. The largest absolute Gasteiger partial charge is 0.469 e. The number of benzene rings is 2. The fourth-order valence-electron chi connectivity index (χ4n) is 3.71. The first-order chi connectivity index (χ1) is 15.0. The summed E-state index contributed by atoms with van der Waals surface area (Å²) in [5.74, 6) is 0.494. The molecule has 3 aromatic rings. The Labute approximate surface area is 181 Å². The summed E-state index contributed by atoms with van der Waals surface area (Å²) in [6, 6.07) is 16.9. The van der Waals surface area contributed by atoms with Crippen molar-refractivity contribution in [2.24, 2.45) is 5.73 Å². The first kappa shape index (κ1) is 21.9. The molecule has 2 aromatic carbocycles. The molecule has 1 aromatic heterocycles. The first-order valence-corrected chi connectivity index (χ1v) is 9.99. The van der Waals surface area contributed by atoms with E-state index in [4.69, 9.17) is 15.2 Å². The molecule has 6 nitrogen and oxygen atoms in total. The summed E-state index contributed by atoms with van der Waals surface area (Å²) < 4.78 is 12.7. The quantitative estimate of drug-likeness (QED) is 0.405. The molecule has 3 rings (SSSR count). The third-order valence-electron chi connectivity index (χ3n) is 5.08. The van der Waals surface area contributed by atoms with E-state index in [0.29, 0.717) is 35.6 Å². The fraction of sp³-hybridized carbons (Fsp3) is 0.200. The predicted octanol–water partition coefficient (Wildman–Crippen LogP) is 4.65. The average molecular weight is 418 g/mol. The molecule has 31 heavy (non-hydrogen) atoms. The van der Waals surface area contributed by atoms with Crippen molar-refractivity contribution in [2.45, 2.75) is 26.3 Å². The Kier molecular flexibility index (Phi) is 6.92. The maximum atomic E-state index is 12.4. The number of nitrogens with zero attached hydrogens (tertiary/aromatic N) is 1. The van der Waals surface area contributed by atoms with Crippen LogP contribution in [0.2, 0.25) is 0 Å². The Bertz CT molecular complexity index is 1100. The summed E-state index contributed by atoms with van der Waals surface area (Å²) >= 11 is 0. The average Bonchev–Trinajstić information content (AvgIpc) is 3.05. The summed E-state index contributed by atoms with van der Waals surface area (Å²) in [7, 11) is 1.36. The van der Waals surface area contributed by atoms with Crippen LogP contribution >= 0.6 is 0 Å². The Balaban J connectivity index is 2.13. The topological polar surface area (TPSA) is 83.5 Å². The van der Waals surface area contributed by atoms with Crippen molar-refractivity contribution in [1.29, 1.82) is 0 Å². The number of nitrogens with two attached hydrogens (primary N) is 1. The highest BCUT2D eigenvalue weighted by Crippen LogP contribution is 2.36. The van der Waals surface area contributed by atoms with E-state index in [0.717, 1.165) is 17.0 Å². The van der Waals surface area contributed by atoms with Gasteiger partial charge in [0.2, 0.25) is 0 Å². The van der Waals surface area contributed by atoms with E-state index >= 15 is 0 Å². The number of carbonyl (C=O) groups is 2. The number of methoxy groups -OCH3 is 1. The van der Waals surface area contributed by atoms with Crippen LogP contribution in [-0.4, -0.2) is 23.6 Å². The van der Waals surface area contributed by atoms with Gasteiger partial charge >= 0.3 is 5.97 Å². The second-order valence-corrected chi connectivity index (χ2v) is 7.06. The molecule has 0 aliphatic heterocycles. The third kappa shape index (κ3) is 4.86. The molecule has 0 unspecified atom stereocenters. The highest BCUT2D eigenvalue weighted by atomic mass is 16.5.